The highest BCUT2D eigenvalue weighted by molar-refractivity contribution is 5.94. The summed E-state index contributed by atoms with van der Waals surface area (Å²) in [5.74, 6) is -0.574. The van der Waals surface area contributed by atoms with E-state index < -0.39 is 0 Å². The largest absolute Gasteiger partial charge is 0.348 e. The number of hydrogen-bond donors (Lipinski definition) is 1. The highest BCUT2D eigenvalue weighted by Gasteiger charge is 2.11. The highest BCUT2D eigenvalue weighted by atomic mass is 19.1. The van der Waals surface area contributed by atoms with Gasteiger partial charge in [-0.2, -0.15) is 0 Å². The Morgan fingerprint density at radius 3 is 2.41 bits per heavy atom. The average Bonchev–Trinajstić information content (AvgIpc) is 2.77. The second kappa shape index (κ2) is 8.75. The van der Waals surface area contributed by atoms with Gasteiger partial charge >= 0.3 is 0 Å². The third-order valence-electron chi connectivity index (χ3n) is 5.62. The van der Waals surface area contributed by atoms with Gasteiger partial charge in [-0.3, -0.25) is 9.59 Å². The van der Waals surface area contributed by atoms with E-state index in [1.165, 1.54) is 12.1 Å². The van der Waals surface area contributed by atoms with Crippen molar-refractivity contribution in [3.05, 3.63) is 110 Å². The van der Waals surface area contributed by atoms with Crippen molar-refractivity contribution in [3.63, 3.8) is 0 Å². The van der Waals surface area contributed by atoms with Crippen LogP contribution in [0.5, 0.6) is 0 Å². The first-order valence-corrected chi connectivity index (χ1v) is 10.4. The van der Waals surface area contributed by atoms with Crippen molar-refractivity contribution in [1.82, 2.24) is 14.9 Å². The van der Waals surface area contributed by atoms with Crippen molar-refractivity contribution >= 4 is 16.9 Å². The lowest BCUT2D eigenvalue weighted by atomic mass is 10.1. The molecule has 162 valence electrons. The van der Waals surface area contributed by atoms with Crippen LogP contribution in [0.1, 0.15) is 38.3 Å². The maximum atomic E-state index is 13.3. The van der Waals surface area contributed by atoms with Crippen LogP contribution in [0.3, 0.4) is 0 Å². The normalized spacial score (nSPS) is 11.0. The number of benzene rings is 3. The zero-order chi connectivity index (χ0) is 22.8. The lowest BCUT2D eigenvalue weighted by Gasteiger charge is -2.13. The van der Waals surface area contributed by atoms with E-state index in [0.29, 0.717) is 23.4 Å². The molecule has 0 radical (unpaired) electrons. The van der Waals surface area contributed by atoms with E-state index in [2.05, 4.69) is 10.3 Å². The van der Waals surface area contributed by atoms with Crippen LogP contribution in [-0.4, -0.2) is 15.5 Å². The van der Waals surface area contributed by atoms with Crippen LogP contribution in [0.15, 0.2) is 65.5 Å². The molecule has 1 heterocycles. The number of nitrogens with zero attached hydrogens (tertiary/aromatic N) is 2. The van der Waals surface area contributed by atoms with Gasteiger partial charge in [0.25, 0.3) is 11.5 Å². The molecule has 0 fully saturated rings. The summed E-state index contributed by atoms with van der Waals surface area (Å²) in [4.78, 5) is 29.7. The molecule has 0 saturated heterocycles. The number of carbonyl (C=O) groups excluding carboxylic acids is 1. The lowest BCUT2D eigenvalue weighted by Crippen LogP contribution is -2.25. The monoisotopic (exact) mass is 429 g/mol. The van der Waals surface area contributed by atoms with Crippen LogP contribution in [-0.2, 0) is 13.1 Å². The number of nitrogens with one attached hydrogen (secondary N) is 1. The summed E-state index contributed by atoms with van der Waals surface area (Å²) in [6.07, 6.45) is 0. The molecule has 4 rings (SSSR count). The first-order chi connectivity index (χ1) is 15.3. The van der Waals surface area contributed by atoms with Gasteiger partial charge in [0.15, 0.2) is 0 Å². The summed E-state index contributed by atoms with van der Waals surface area (Å²) >= 11 is 0. The number of fused-ring (bicyclic) bond motifs is 1. The number of carbonyl (C=O) groups is 1. The maximum Gasteiger partial charge on any atom is 0.272 e. The molecule has 0 unspecified atom stereocenters. The summed E-state index contributed by atoms with van der Waals surface area (Å²) in [6.45, 7) is 6.39. The van der Waals surface area contributed by atoms with Gasteiger partial charge in [-0.1, -0.05) is 24.3 Å². The quantitative estimate of drug-likeness (QED) is 0.510. The number of hydrogen-bond acceptors (Lipinski definition) is 3. The van der Waals surface area contributed by atoms with Crippen LogP contribution in [0.25, 0.3) is 11.0 Å². The van der Waals surface area contributed by atoms with Crippen LogP contribution >= 0.6 is 0 Å². The molecule has 0 spiro atoms. The smallest absolute Gasteiger partial charge is 0.272 e. The molecule has 1 aromatic heterocycles. The van der Waals surface area contributed by atoms with Crippen LogP contribution in [0.2, 0.25) is 0 Å². The maximum absolute atomic E-state index is 13.3. The fourth-order valence-corrected chi connectivity index (χ4v) is 3.66. The van der Waals surface area contributed by atoms with Crippen molar-refractivity contribution in [3.8, 4) is 0 Å². The molecular weight excluding hydrogens is 405 g/mol. The molecule has 4 aromatic rings. The highest BCUT2D eigenvalue weighted by Crippen LogP contribution is 2.18. The number of halogens is 1. The van der Waals surface area contributed by atoms with E-state index in [1.54, 1.807) is 35.8 Å². The van der Waals surface area contributed by atoms with Gasteiger partial charge in [0, 0.05) is 12.1 Å². The van der Waals surface area contributed by atoms with Crippen LogP contribution in [0, 0.1) is 26.6 Å². The van der Waals surface area contributed by atoms with Gasteiger partial charge < -0.3 is 9.88 Å². The van der Waals surface area contributed by atoms with E-state index in [-0.39, 0.29) is 23.8 Å². The van der Waals surface area contributed by atoms with Gasteiger partial charge in [-0.05, 0) is 79.4 Å². The minimum Gasteiger partial charge on any atom is -0.348 e. The minimum atomic E-state index is -0.333. The van der Waals surface area contributed by atoms with Crippen molar-refractivity contribution in [2.75, 3.05) is 0 Å². The molecule has 6 heteroatoms. The third-order valence-corrected chi connectivity index (χ3v) is 5.62. The van der Waals surface area contributed by atoms with Gasteiger partial charge in [-0.15, -0.1) is 0 Å². The summed E-state index contributed by atoms with van der Waals surface area (Å²) in [6, 6.07) is 17.3. The van der Waals surface area contributed by atoms with E-state index in [1.807, 2.05) is 38.1 Å². The fourth-order valence-electron chi connectivity index (χ4n) is 3.66. The number of amides is 1. The number of aromatic nitrogens is 2. The molecule has 0 aliphatic heterocycles. The standard InChI is InChI=1S/C26H24FN3O2/c1-16-11-23-24(12-17(16)2)30(26(32)18(3)29-23)15-19-7-9-21(10-8-19)25(31)28-14-20-5-4-6-22(27)13-20/h4-13H,14-15H2,1-3H3,(H,28,31). The number of aryl methyl sites for hydroxylation is 3. The molecule has 5 nitrogen and oxygen atoms in total. The molecule has 0 saturated carbocycles. The molecule has 0 atom stereocenters. The Morgan fingerprint density at radius 2 is 1.69 bits per heavy atom. The van der Waals surface area contributed by atoms with Gasteiger partial charge in [0.1, 0.15) is 11.5 Å². The average molecular weight is 429 g/mol. The summed E-state index contributed by atoms with van der Waals surface area (Å²) < 4.78 is 15.0. The second-order valence-corrected chi connectivity index (χ2v) is 8.02. The molecule has 1 amide bonds. The predicted molar refractivity (Wildman–Crippen MR) is 123 cm³/mol. The van der Waals surface area contributed by atoms with E-state index in [9.17, 15) is 14.0 Å². The topological polar surface area (TPSA) is 64.0 Å². The zero-order valence-corrected chi connectivity index (χ0v) is 18.3. The Bertz CT molecular complexity index is 1370. The number of rotatable bonds is 5. The molecule has 32 heavy (non-hydrogen) atoms. The molecular formula is C26H24FN3O2. The van der Waals surface area contributed by atoms with E-state index >= 15 is 0 Å². The van der Waals surface area contributed by atoms with Crippen LogP contribution < -0.4 is 10.9 Å². The minimum absolute atomic E-state index is 0.127. The summed E-state index contributed by atoms with van der Waals surface area (Å²) in [5, 5.41) is 2.79. The summed E-state index contributed by atoms with van der Waals surface area (Å²) in [7, 11) is 0. The van der Waals surface area contributed by atoms with Crippen molar-refractivity contribution in [2.24, 2.45) is 0 Å². The third kappa shape index (κ3) is 4.44. The molecule has 0 aliphatic rings. The molecule has 1 N–H and O–H groups in total. The van der Waals surface area contributed by atoms with E-state index in [0.717, 1.165) is 27.7 Å². The zero-order valence-electron chi connectivity index (χ0n) is 18.3. The Kier molecular flexibility index (Phi) is 5.86. The Hall–Kier alpha value is -3.80. The lowest BCUT2D eigenvalue weighted by molar-refractivity contribution is 0.0951. The second-order valence-electron chi connectivity index (χ2n) is 8.02. The van der Waals surface area contributed by atoms with Gasteiger partial charge in [0.05, 0.1) is 17.6 Å². The van der Waals surface area contributed by atoms with Crippen molar-refractivity contribution < 1.29 is 9.18 Å². The fraction of sp³-hybridized carbons (Fsp3) is 0.192. The predicted octanol–water partition coefficient (Wildman–Crippen LogP) is 4.44. The van der Waals surface area contributed by atoms with Gasteiger partial charge in [0.2, 0.25) is 0 Å². The first kappa shape index (κ1) is 21.4. The Labute approximate surface area is 185 Å². The first-order valence-electron chi connectivity index (χ1n) is 10.4. The van der Waals surface area contributed by atoms with Gasteiger partial charge in [-0.25, -0.2) is 9.37 Å². The van der Waals surface area contributed by atoms with Crippen molar-refractivity contribution in [2.45, 2.75) is 33.9 Å². The van der Waals surface area contributed by atoms with E-state index in [4.69, 9.17) is 0 Å². The Balaban J connectivity index is 1.54. The molecule has 0 aliphatic carbocycles. The molecule has 3 aromatic carbocycles. The van der Waals surface area contributed by atoms with Crippen molar-refractivity contribution in [1.29, 1.82) is 0 Å². The molecule has 0 bridgehead atoms. The van der Waals surface area contributed by atoms with Crippen LogP contribution in [0.4, 0.5) is 4.39 Å². The Morgan fingerprint density at radius 1 is 0.969 bits per heavy atom. The summed E-state index contributed by atoms with van der Waals surface area (Å²) in [5.41, 5.74) is 6.23. The SMILES string of the molecule is Cc1cc2nc(C)c(=O)n(Cc3ccc(C(=O)NCc4cccc(F)c4)cc3)c2cc1C.